The number of hydrogen-bond donors (Lipinski definition) is 3. The van der Waals surface area contributed by atoms with E-state index in [4.69, 9.17) is 5.21 Å². The number of hydrogen-bond acceptors (Lipinski definition) is 6. The highest BCUT2D eigenvalue weighted by molar-refractivity contribution is 6.27. The summed E-state index contributed by atoms with van der Waals surface area (Å²) in [6.45, 7) is -1.09. The second kappa shape index (κ2) is 5.21. The molecule has 0 fully saturated rings. The molecule has 0 atom stereocenters. The minimum Gasteiger partial charge on any atom is -0.411 e. The van der Waals surface area contributed by atoms with E-state index in [1.54, 1.807) is 18.2 Å². The maximum atomic E-state index is 12.4. The number of aliphatic hydroxyl groups is 2. The van der Waals surface area contributed by atoms with Crippen molar-refractivity contribution >= 4 is 28.8 Å². The lowest BCUT2D eigenvalue weighted by Gasteiger charge is -2.26. The fourth-order valence-corrected chi connectivity index (χ4v) is 2.76. The minimum atomic E-state index is -0.720. The fourth-order valence-electron chi connectivity index (χ4n) is 2.76. The van der Waals surface area contributed by atoms with Gasteiger partial charge >= 0.3 is 0 Å². The zero-order valence-corrected chi connectivity index (χ0v) is 11.4. The molecule has 7 heteroatoms. The summed E-state index contributed by atoms with van der Waals surface area (Å²) in [6, 6.07) is 6.30. The Labute approximate surface area is 124 Å². The van der Waals surface area contributed by atoms with Gasteiger partial charge in [0.05, 0.1) is 12.8 Å². The molecule has 22 heavy (non-hydrogen) atoms. The van der Waals surface area contributed by atoms with Crippen LogP contribution in [0.25, 0.3) is 10.8 Å². The summed E-state index contributed by atoms with van der Waals surface area (Å²) in [5.41, 5.74) is 1.32. The van der Waals surface area contributed by atoms with E-state index in [1.807, 2.05) is 0 Å². The van der Waals surface area contributed by atoms with Gasteiger partial charge in [-0.25, -0.2) is 0 Å². The normalized spacial score (nSPS) is 14.4. The van der Waals surface area contributed by atoms with Gasteiger partial charge in [-0.15, -0.1) is 0 Å². The Balaban J connectivity index is 2.47. The number of nitrogens with zero attached hydrogens (tertiary/aromatic N) is 2. The van der Waals surface area contributed by atoms with E-state index in [2.05, 4.69) is 5.16 Å². The summed E-state index contributed by atoms with van der Waals surface area (Å²) in [4.78, 5) is 25.4. The molecular formula is C15H12N2O5. The van der Waals surface area contributed by atoms with E-state index in [9.17, 15) is 19.8 Å². The van der Waals surface area contributed by atoms with Gasteiger partial charge in [0.25, 0.3) is 11.8 Å². The molecule has 7 nitrogen and oxygen atoms in total. The van der Waals surface area contributed by atoms with Crippen molar-refractivity contribution in [1.29, 1.82) is 0 Å². The predicted octanol–water partition coefficient (Wildman–Crippen LogP) is 0.686. The second-order valence-electron chi connectivity index (χ2n) is 4.81. The Morgan fingerprint density at radius 1 is 1.14 bits per heavy atom. The molecule has 0 bridgehead atoms. The molecule has 0 spiro atoms. The van der Waals surface area contributed by atoms with Crippen LogP contribution < -0.4 is 0 Å². The third-order valence-electron chi connectivity index (χ3n) is 3.74. The third-order valence-corrected chi connectivity index (χ3v) is 3.74. The lowest BCUT2D eigenvalue weighted by atomic mass is 9.89. The van der Waals surface area contributed by atoms with Crippen molar-refractivity contribution in [3.63, 3.8) is 0 Å². The number of rotatable bonds is 3. The molecule has 0 radical (unpaired) electrons. The van der Waals surface area contributed by atoms with Gasteiger partial charge in [0.15, 0.2) is 0 Å². The molecule has 2 aromatic carbocycles. The number of benzene rings is 2. The molecule has 2 amide bonds. The highest BCUT2D eigenvalue weighted by atomic mass is 16.4. The van der Waals surface area contributed by atoms with Gasteiger partial charge in [-0.05, 0) is 23.1 Å². The van der Waals surface area contributed by atoms with Crippen LogP contribution >= 0.6 is 0 Å². The van der Waals surface area contributed by atoms with Gasteiger partial charge in [0.1, 0.15) is 6.73 Å². The van der Waals surface area contributed by atoms with E-state index in [0.29, 0.717) is 21.9 Å². The topological polar surface area (TPSA) is 110 Å². The third kappa shape index (κ3) is 1.80. The molecule has 0 saturated heterocycles. The molecule has 2 aromatic rings. The van der Waals surface area contributed by atoms with E-state index in [-0.39, 0.29) is 17.7 Å². The first-order valence-electron chi connectivity index (χ1n) is 6.48. The Morgan fingerprint density at radius 3 is 2.50 bits per heavy atom. The summed E-state index contributed by atoms with van der Waals surface area (Å²) < 4.78 is 0. The average molecular weight is 300 g/mol. The minimum absolute atomic E-state index is 0.221. The van der Waals surface area contributed by atoms with E-state index >= 15 is 0 Å². The lowest BCUT2D eigenvalue weighted by Crippen LogP contribution is -2.41. The van der Waals surface area contributed by atoms with Gasteiger partial charge in [-0.2, -0.15) is 0 Å². The molecule has 1 aliphatic heterocycles. The van der Waals surface area contributed by atoms with Crippen molar-refractivity contribution in [2.75, 3.05) is 6.73 Å². The Bertz CT molecular complexity index is 828. The molecule has 0 aromatic heterocycles. The van der Waals surface area contributed by atoms with Crippen LogP contribution in [0, 0.1) is 0 Å². The monoisotopic (exact) mass is 300 g/mol. The standard InChI is InChI=1S/C15H12N2O5/c18-6-8-4-11-13-9(12(8)5-16-22)2-1-3-10(13)14(20)17(7-19)15(11)21/h1-5,18-19,22H,6-7H2/b16-5-. The average Bonchev–Trinajstić information content (AvgIpc) is 2.54. The van der Waals surface area contributed by atoms with Crippen LogP contribution in [-0.2, 0) is 6.61 Å². The Hall–Kier alpha value is -2.77. The van der Waals surface area contributed by atoms with Crippen LogP contribution in [0.15, 0.2) is 29.4 Å². The summed E-state index contributed by atoms with van der Waals surface area (Å²) in [7, 11) is 0. The SMILES string of the molecule is O=C1c2cccc3c(/C=N\O)c(CO)cc(c23)C(=O)N1CO. The maximum absolute atomic E-state index is 12.4. The smallest absolute Gasteiger partial charge is 0.263 e. The highest BCUT2D eigenvalue weighted by Crippen LogP contribution is 2.33. The first kappa shape index (κ1) is 14.2. The van der Waals surface area contributed by atoms with Crippen LogP contribution in [0.4, 0.5) is 0 Å². The molecular weight excluding hydrogens is 288 g/mol. The second-order valence-corrected chi connectivity index (χ2v) is 4.81. The number of oxime groups is 1. The number of aliphatic hydroxyl groups excluding tert-OH is 2. The number of amides is 2. The zero-order chi connectivity index (χ0) is 15.9. The van der Waals surface area contributed by atoms with Crippen molar-refractivity contribution in [2.45, 2.75) is 6.61 Å². The highest BCUT2D eigenvalue weighted by Gasteiger charge is 2.33. The van der Waals surface area contributed by atoms with Crippen LogP contribution in [0.1, 0.15) is 31.8 Å². The van der Waals surface area contributed by atoms with Gasteiger partial charge in [0.2, 0.25) is 0 Å². The molecule has 0 unspecified atom stereocenters. The van der Waals surface area contributed by atoms with Crippen LogP contribution in [-0.4, -0.2) is 45.1 Å². The molecule has 0 aliphatic carbocycles. The van der Waals surface area contributed by atoms with Crippen molar-refractivity contribution in [2.24, 2.45) is 5.16 Å². The maximum Gasteiger partial charge on any atom is 0.263 e. The van der Waals surface area contributed by atoms with Gasteiger partial charge < -0.3 is 15.4 Å². The van der Waals surface area contributed by atoms with E-state index in [1.165, 1.54) is 6.07 Å². The molecule has 0 saturated carbocycles. The van der Waals surface area contributed by atoms with Crippen LogP contribution in [0.2, 0.25) is 0 Å². The van der Waals surface area contributed by atoms with E-state index < -0.39 is 18.5 Å². The molecule has 3 N–H and O–H groups in total. The van der Waals surface area contributed by atoms with Crippen LogP contribution in [0.3, 0.4) is 0 Å². The quantitative estimate of drug-likeness (QED) is 0.334. The fraction of sp³-hybridized carbons (Fsp3) is 0.133. The first-order valence-corrected chi connectivity index (χ1v) is 6.48. The van der Waals surface area contributed by atoms with Gasteiger partial charge in [0, 0.05) is 22.1 Å². The predicted molar refractivity (Wildman–Crippen MR) is 76.8 cm³/mol. The van der Waals surface area contributed by atoms with Crippen molar-refractivity contribution in [1.82, 2.24) is 4.90 Å². The summed E-state index contributed by atoms with van der Waals surface area (Å²) in [6.07, 6.45) is 1.15. The Kier molecular flexibility index (Phi) is 3.36. The summed E-state index contributed by atoms with van der Waals surface area (Å²) >= 11 is 0. The van der Waals surface area contributed by atoms with Crippen molar-refractivity contribution in [3.8, 4) is 0 Å². The zero-order valence-electron chi connectivity index (χ0n) is 11.4. The number of carbonyl (C=O) groups excluding carboxylic acids is 2. The summed E-state index contributed by atoms with van der Waals surface area (Å²) in [5.74, 6) is -1.22. The molecule has 1 aliphatic rings. The van der Waals surface area contributed by atoms with Crippen molar-refractivity contribution < 1.29 is 25.0 Å². The van der Waals surface area contributed by atoms with Gasteiger partial charge in [-0.3, -0.25) is 14.5 Å². The van der Waals surface area contributed by atoms with E-state index in [0.717, 1.165) is 11.1 Å². The first-order chi connectivity index (χ1) is 10.6. The largest absolute Gasteiger partial charge is 0.411 e. The van der Waals surface area contributed by atoms with Crippen LogP contribution in [0.5, 0.6) is 0 Å². The lowest BCUT2D eigenvalue weighted by molar-refractivity contribution is 0.0444. The molecule has 1 heterocycles. The number of imide groups is 1. The van der Waals surface area contributed by atoms with Crippen molar-refractivity contribution in [3.05, 3.63) is 46.5 Å². The number of carbonyl (C=O) groups is 2. The summed E-state index contributed by atoms with van der Waals surface area (Å²) in [5, 5.41) is 31.5. The Morgan fingerprint density at radius 2 is 1.86 bits per heavy atom. The molecule has 112 valence electrons. The van der Waals surface area contributed by atoms with Gasteiger partial charge in [-0.1, -0.05) is 17.3 Å². The molecule has 3 rings (SSSR count).